The number of carbonyl (C=O) groups is 2. The number of nitrogens with zero attached hydrogens (tertiary/aromatic N) is 1. The smallest absolute Gasteiger partial charge is 0.355 e. The number of aryl methyl sites for hydroxylation is 1. The van der Waals surface area contributed by atoms with Crippen molar-refractivity contribution in [1.29, 1.82) is 5.26 Å². The zero-order chi connectivity index (χ0) is 16.7. The number of esters is 2. The minimum atomic E-state index is -0.704. The minimum Gasteiger partial charge on any atom is -0.463 e. The second-order valence-electron chi connectivity index (χ2n) is 4.39. The van der Waals surface area contributed by atoms with Gasteiger partial charge in [0.15, 0.2) is 0 Å². The van der Waals surface area contributed by atoms with Crippen LogP contribution in [0, 0.1) is 25.2 Å². The molecule has 0 aliphatic rings. The van der Waals surface area contributed by atoms with Gasteiger partial charge >= 0.3 is 11.9 Å². The first-order chi connectivity index (χ1) is 10.4. The highest BCUT2D eigenvalue weighted by molar-refractivity contribution is 5.98. The van der Waals surface area contributed by atoms with Crippen LogP contribution in [0.1, 0.15) is 30.7 Å². The van der Waals surface area contributed by atoms with Crippen LogP contribution in [0.4, 0.5) is 5.82 Å². The molecular weight excluding hydrogens is 286 g/mol. The molecule has 0 aliphatic carbocycles. The lowest BCUT2D eigenvalue weighted by atomic mass is 10.2. The summed E-state index contributed by atoms with van der Waals surface area (Å²) in [5, 5.41) is 11.9. The lowest BCUT2D eigenvalue weighted by Crippen LogP contribution is -2.17. The number of hydrogen-bond donors (Lipinski definition) is 2. The molecule has 0 saturated carbocycles. The van der Waals surface area contributed by atoms with Gasteiger partial charge in [0.2, 0.25) is 0 Å². The highest BCUT2D eigenvalue weighted by Gasteiger charge is 2.18. The van der Waals surface area contributed by atoms with Gasteiger partial charge < -0.3 is 19.8 Å². The molecule has 0 unspecified atom stereocenters. The number of ether oxygens (including phenoxy) is 2. The molecule has 1 rings (SSSR count). The van der Waals surface area contributed by atoms with Crippen molar-refractivity contribution in [2.75, 3.05) is 18.5 Å². The molecule has 0 amide bonds. The highest BCUT2D eigenvalue weighted by Crippen LogP contribution is 2.22. The number of nitrogens with one attached hydrogen (secondary N) is 2. The van der Waals surface area contributed by atoms with E-state index in [4.69, 9.17) is 9.47 Å². The van der Waals surface area contributed by atoms with Crippen LogP contribution in [0.15, 0.2) is 11.8 Å². The Kier molecular flexibility index (Phi) is 6.20. The molecule has 0 spiro atoms. The van der Waals surface area contributed by atoms with Gasteiger partial charge in [-0.05, 0) is 33.3 Å². The molecule has 0 aliphatic heterocycles. The van der Waals surface area contributed by atoms with Crippen molar-refractivity contribution >= 4 is 17.8 Å². The first-order valence-electron chi connectivity index (χ1n) is 6.86. The Morgan fingerprint density at radius 2 is 1.91 bits per heavy atom. The molecule has 1 aromatic rings. The molecule has 0 saturated heterocycles. The highest BCUT2D eigenvalue weighted by atomic mass is 16.5. The first kappa shape index (κ1) is 17.3. The van der Waals surface area contributed by atoms with E-state index in [1.165, 1.54) is 0 Å². The average molecular weight is 305 g/mol. The molecule has 7 nitrogen and oxygen atoms in total. The van der Waals surface area contributed by atoms with Crippen LogP contribution in [0.2, 0.25) is 0 Å². The predicted molar refractivity (Wildman–Crippen MR) is 80.0 cm³/mol. The normalized spacial score (nSPS) is 10.8. The van der Waals surface area contributed by atoms with E-state index in [9.17, 15) is 14.9 Å². The summed E-state index contributed by atoms with van der Waals surface area (Å²) >= 11 is 0. The third-order valence-corrected chi connectivity index (χ3v) is 2.92. The van der Waals surface area contributed by atoms with Crippen LogP contribution < -0.4 is 5.32 Å². The fraction of sp³-hybridized carbons (Fsp3) is 0.400. The predicted octanol–water partition coefficient (Wildman–Crippen LogP) is 1.93. The molecule has 1 heterocycles. The zero-order valence-corrected chi connectivity index (χ0v) is 13.1. The molecule has 118 valence electrons. The van der Waals surface area contributed by atoms with E-state index in [2.05, 4.69) is 16.4 Å². The van der Waals surface area contributed by atoms with Crippen LogP contribution in [-0.2, 0) is 19.1 Å². The zero-order valence-electron chi connectivity index (χ0n) is 13.1. The van der Waals surface area contributed by atoms with Gasteiger partial charge in [0, 0.05) is 5.69 Å². The molecule has 2 N–H and O–H groups in total. The van der Waals surface area contributed by atoms with Crippen molar-refractivity contribution in [3.05, 3.63) is 28.6 Å². The summed E-state index contributed by atoms with van der Waals surface area (Å²) in [7, 11) is 0. The number of H-pyrrole nitrogens is 1. The molecule has 22 heavy (non-hydrogen) atoms. The number of anilines is 1. The fourth-order valence-electron chi connectivity index (χ4n) is 1.74. The summed E-state index contributed by atoms with van der Waals surface area (Å²) in [6.07, 6.45) is 1.01. The van der Waals surface area contributed by atoms with E-state index in [1.807, 2.05) is 0 Å². The molecule has 1 aromatic heterocycles. The van der Waals surface area contributed by atoms with E-state index in [1.54, 1.807) is 27.7 Å². The third kappa shape index (κ3) is 4.12. The molecule has 0 bridgehead atoms. The van der Waals surface area contributed by atoms with Gasteiger partial charge in [-0.1, -0.05) is 0 Å². The van der Waals surface area contributed by atoms with Gasteiger partial charge in [-0.3, -0.25) is 0 Å². The second-order valence-corrected chi connectivity index (χ2v) is 4.39. The van der Waals surface area contributed by atoms with Crippen LogP contribution in [-0.4, -0.2) is 30.1 Å². The van der Waals surface area contributed by atoms with Crippen molar-refractivity contribution in [3.63, 3.8) is 0 Å². The molecule has 0 atom stereocenters. The van der Waals surface area contributed by atoms with E-state index in [0.717, 1.165) is 17.3 Å². The molecule has 7 heteroatoms. The van der Waals surface area contributed by atoms with E-state index < -0.39 is 11.9 Å². The first-order valence-corrected chi connectivity index (χ1v) is 6.86. The van der Waals surface area contributed by atoms with Crippen molar-refractivity contribution in [3.8, 4) is 6.07 Å². The van der Waals surface area contributed by atoms with Gasteiger partial charge in [0.05, 0.1) is 24.9 Å². The third-order valence-electron chi connectivity index (χ3n) is 2.92. The van der Waals surface area contributed by atoms with Crippen molar-refractivity contribution in [1.82, 2.24) is 4.98 Å². The number of aromatic nitrogens is 1. The maximum atomic E-state index is 11.9. The van der Waals surface area contributed by atoms with Crippen molar-refractivity contribution < 1.29 is 19.1 Å². The van der Waals surface area contributed by atoms with Gasteiger partial charge in [0.1, 0.15) is 17.6 Å². The van der Waals surface area contributed by atoms with Crippen molar-refractivity contribution in [2.45, 2.75) is 27.7 Å². The topological polar surface area (TPSA) is 104 Å². The summed E-state index contributed by atoms with van der Waals surface area (Å²) < 4.78 is 9.68. The Morgan fingerprint density at radius 1 is 1.27 bits per heavy atom. The van der Waals surface area contributed by atoms with E-state index in [0.29, 0.717) is 11.4 Å². The van der Waals surface area contributed by atoms with Crippen LogP contribution >= 0.6 is 0 Å². The quantitative estimate of drug-likeness (QED) is 0.614. The monoisotopic (exact) mass is 305 g/mol. The molecule has 0 fully saturated rings. The Morgan fingerprint density at radius 3 is 2.45 bits per heavy atom. The Balaban J connectivity index is 3.14. The lowest BCUT2D eigenvalue weighted by molar-refractivity contribution is -0.140. The number of aromatic amines is 1. The molecule has 0 aromatic carbocycles. The largest absolute Gasteiger partial charge is 0.463 e. The van der Waals surface area contributed by atoms with Crippen LogP contribution in [0.25, 0.3) is 0 Å². The fourth-order valence-corrected chi connectivity index (χ4v) is 1.74. The average Bonchev–Trinajstić information content (AvgIpc) is 2.73. The van der Waals surface area contributed by atoms with Gasteiger partial charge in [-0.25, -0.2) is 9.59 Å². The number of hydrogen-bond acceptors (Lipinski definition) is 6. The summed E-state index contributed by atoms with van der Waals surface area (Å²) in [4.78, 5) is 26.4. The minimum absolute atomic E-state index is 0.0990. The van der Waals surface area contributed by atoms with Crippen LogP contribution in [0.3, 0.4) is 0 Å². The van der Waals surface area contributed by atoms with E-state index >= 15 is 0 Å². The Hall–Kier alpha value is -2.75. The van der Waals surface area contributed by atoms with Gasteiger partial charge in [0.25, 0.3) is 0 Å². The molecular formula is C15H19N3O4. The van der Waals surface area contributed by atoms with Crippen LogP contribution in [0.5, 0.6) is 0 Å². The number of rotatable bonds is 6. The van der Waals surface area contributed by atoms with E-state index in [-0.39, 0.29) is 18.9 Å². The lowest BCUT2D eigenvalue weighted by Gasteiger charge is -2.09. The summed E-state index contributed by atoms with van der Waals surface area (Å²) in [6, 6.07) is 2.05. The summed E-state index contributed by atoms with van der Waals surface area (Å²) in [5.74, 6) is -1.04. The SMILES string of the molecule is CCOC(=O)/C=C(/Nc1[nH]c(C)c(C)c1C#N)C(=O)OCC. The maximum absolute atomic E-state index is 11.9. The standard InChI is InChI=1S/C15H19N3O4/c1-5-21-13(19)7-12(15(20)22-6-2)18-14-11(8-16)9(3)10(4)17-14/h7,17-18H,5-6H2,1-4H3/b12-7+. The van der Waals surface area contributed by atoms with Gasteiger partial charge in [-0.15, -0.1) is 0 Å². The Bertz CT molecular complexity index is 638. The summed E-state index contributed by atoms with van der Waals surface area (Å²) in [6.45, 7) is 7.26. The second kappa shape index (κ2) is 7.88. The maximum Gasteiger partial charge on any atom is 0.355 e. The summed E-state index contributed by atoms with van der Waals surface area (Å²) in [5.41, 5.74) is 1.83. The number of nitriles is 1. The molecule has 0 radical (unpaired) electrons. The van der Waals surface area contributed by atoms with Crippen molar-refractivity contribution in [2.24, 2.45) is 0 Å². The Labute approximate surface area is 128 Å². The van der Waals surface area contributed by atoms with Gasteiger partial charge in [-0.2, -0.15) is 5.26 Å². The number of carbonyl (C=O) groups excluding carboxylic acids is 2.